The van der Waals surface area contributed by atoms with E-state index in [9.17, 15) is 9.18 Å². The van der Waals surface area contributed by atoms with Crippen LogP contribution in [0.3, 0.4) is 0 Å². The van der Waals surface area contributed by atoms with E-state index in [1.54, 1.807) is 24.3 Å². The number of carbonyl (C=O) groups excluding carboxylic acids is 1. The van der Waals surface area contributed by atoms with Crippen LogP contribution >= 0.6 is 0 Å². The zero-order valence-corrected chi connectivity index (χ0v) is 15.7. The number of ether oxygens (including phenoxy) is 2. The zero-order valence-electron chi connectivity index (χ0n) is 15.7. The van der Waals surface area contributed by atoms with Gasteiger partial charge in [-0.25, -0.2) is 9.18 Å². The largest absolute Gasteiger partial charge is 0.471 e. The standard InChI is InChI=1S/C24H23FO3/c25-21-12-11-19(23(26)27-20-7-3-1-4-8-20)17-22(21)28-24(14-5-2-6-15-24)16-13-18-9-10-18/h1,3-4,7-8,11-12,17-18H,2,5-6,9-10,14-15H2. The van der Waals surface area contributed by atoms with Crippen molar-refractivity contribution in [3.8, 4) is 23.3 Å². The van der Waals surface area contributed by atoms with Crippen LogP contribution in [0.15, 0.2) is 48.5 Å². The molecule has 2 saturated carbocycles. The topological polar surface area (TPSA) is 35.5 Å². The summed E-state index contributed by atoms with van der Waals surface area (Å²) in [6, 6.07) is 12.9. The third kappa shape index (κ3) is 4.54. The van der Waals surface area contributed by atoms with Gasteiger partial charge in [0.1, 0.15) is 5.75 Å². The summed E-state index contributed by atoms with van der Waals surface area (Å²) >= 11 is 0. The van der Waals surface area contributed by atoms with Crippen LogP contribution in [-0.4, -0.2) is 11.6 Å². The van der Waals surface area contributed by atoms with Crippen molar-refractivity contribution in [2.24, 2.45) is 5.92 Å². The van der Waals surface area contributed by atoms with Crippen LogP contribution in [0.5, 0.6) is 11.5 Å². The Kier molecular flexibility index (Phi) is 5.34. The number of rotatable bonds is 4. The van der Waals surface area contributed by atoms with Gasteiger partial charge in [-0.3, -0.25) is 0 Å². The van der Waals surface area contributed by atoms with Crippen LogP contribution in [0.25, 0.3) is 0 Å². The molecular formula is C24H23FO3. The molecule has 4 heteroatoms. The number of hydrogen-bond donors (Lipinski definition) is 0. The quantitative estimate of drug-likeness (QED) is 0.398. The van der Waals surface area contributed by atoms with Crippen molar-refractivity contribution >= 4 is 5.97 Å². The predicted octanol–water partition coefficient (Wildman–Crippen LogP) is 5.54. The molecule has 0 atom stereocenters. The highest BCUT2D eigenvalue weighted by Gasteiger charge is 2.34. The number of esters is 1. The maximum Gasteiger partial charge on any atom is 0.343 e. The van der Waals surface area contributed by atoms with Crippen LogP contribution in [0, 0.1) is 23.6 Å². The zero-order chi connectivity index (χ0) is 19.4. The molecule has 0 unspecified atom stereocenters. The van der Waals surface area contributed by atoms with E-state index in [1.165, 1.54) is 18.2 Å². The minimum absolute atomic E-state index is 0.0644. The number of para-hydroxylation sites is 1. The molecule has 2 fully saturated rings. The fourth-order valence-corrected chi connectivity index (χ4v) is 3.41. The summed E-state index contributed by atoms with van der Waals surface area (Å²) in [7, 11) is 0. The number of carbonyl (C=O) groups is 1. The molecular weight excluding hydrogens is 355 g/mol. The van der Waals surface area contributed by atoms with Gasteiger partial charge < -0.3 is 9.47 Å². The van der Waals surface area contributed by atoms with Crippen molar-refractivity contribution in [3.63, 3.8) is 0 Å². The van der Waals surface area contributed by atoms with E-state index in [-0.39, 0.29) is 11.3 Å². The first kappa shape index (κ1) is 18.6. The van der Waals surface area contributed by atoms with Crippen LogP contribution in [-0.2, 0) is 0 Å². The highest BCUT2D eigenvalue weighted by atomic mass is 19.1. The summed E-state index contributed by atoms with van der Waals surface area (Å²) in [5.74, 6) is 6.52. The maximum absolute atomic E-state index is 14.5. The Labute approximate surface area is 164 Å². The molecule has 0 aromatic heterocycles. The molecule has 3 nitrogen and oxygen atoms in total. The Morgan fingerprint density at radius 3 is 2.50 bits per heavy atom. The lowest BCUT2D eigenvalue weighted by Gasteiger charge is -2.33. The van der Waals surface area contributed by atoms with Gasteiger partial charge in [-0.15, -0.1) is 0 Å². The number of halogens is 1. The van der Waals surface area contributed by atoms with Crippen molar-refractivity contribution in [1.82, 2.24) is 0 Å². The molecule has 2 aliphatic rings. The van der Waals surface area contributed by atoms with E-state index in [0.29, 0.717) is 11.7 Å². The monoisotopic (exact) mass is 378 g/mol. The summed E-state index contributed by atoms with van der Waals surface area (Å²) in [5, 5.41) is 0. The van der Waals surface area contributed by atoms with Gasteiger partial charge in [0.2, 0.25) is 0 Å². The molecule has 0 aliphatic heterocycles. The Hall–Kier alpha value is -2.80. The summed E-state index contributed by atoms with van der Waals surface area (Å²) in [4.78, 5) is 12.4. The van der Waals surface area contributed by atoms with Gasteiger partial charge in [0, 0.05) is 5.92 Å². The van der Waals surface area contributed by atoms with Gasteiger partial charge in [0.05, 0.1) is 5.56 Å². The molecule has 144 valence electrons. The van der Waals surface area contributed by atoms with E-state index < -0.39 is 17.4 Å². The van der Waals surface area contributed by atoms with Crippen molar-refractivity contribution in [3.05, 3.63) is 59.9 Å². The minimum atomic E-state index is -0.663. The van der Waals surface area contributed by atoms with Gasteiger partial charge in [0.15, 0.2) is 17.2 Å². The molecule has 0 amide bonds. The lowest BCUT2D eigenvalue weighted by atomic mass is 9.85. The SMILES string of the molecule is O=C(Oc1ccccc1)c1ccc(F)c(OC2(C#CC3CC3)CCCCC2)c1. The van der Waals surface area contributed by atoms with Crippen molar-refractivity contribution in [1.29, 1.82) is 0 Å². The average Bonchev–Trinajstić information content (AvgIpc) is 3.54. The fraction of sp³-hybridized carbons (Fsp3) is 0.375. The second-order valence-electron chi connectivity index (χ2n) is 7.55. The van der Waals surface area contributed by atoms with Crippen LogP contribution in [0.1, 0.15) is 55.3 Å². The van der Waals surface area contributed by atoms with E-state index >= 15 is 0 Å². The second-order valence-corrected chi connectivity index (χ2v) is 7.55. The lowest BCUT2D eigenvalue weighted by molar-refractivity contribution is 0.0723. The summed E-state index contributed by atoms with van der Waals surface area (Å²) in [5.41, 5.74) is -0.412. The molecule has 0 heterocycles. The fourth-order valence-electron chi connectivity index (χ4n) is 3.41. The van der Waals surface area contributed by atoms with E-state index in [2.05, 4.69) is 11.8 Å². The lowest BCUT2D eigenvalue weighted by Crippen LogP contribution is -2.37. The maximum atomic E-state index is 14.5. The molecule has 0 N–H and O–H groups in total. The van der Waals surface area contributed by atoms with Crippen LogP contribution in [0.4, 0.5) is 4.39 Å². The van der Waals surface area contributed by atoms with Crippen molar-refractivity contribution in [2.75, 3.05) is 0 Å². The van der Waals surface area contributed by atoms with Gasteiger partial charge in [0.25, 0.3) is 0 Å². The third-order valence-corrected chi connectivity index (χ3v) is 5.17. The average molecular weight is 378 g/mol. The highest BCUT2D eigenvalue weighted by molar-refractivity contribution is 5.91. The first-order chi connectivity index (χ1) is 13.6. The molecule has 2 aliphatic carbocycles. The van der Waals surface area contributed by atoms with Gasteiger partial charge in [-0.1, -0.05) is 36.5 Å². The molecule has 0 bridgehead atoms. The Balaban J connectivity index is 1.56. The molecule has 28 heavy (non-hydrogen) atoms. The van der Waals surface area contributed by atoms with E-state index in [4.69, 9.17) is 9.47 Å². The van der Waals surface area contributed by atoms with E-state index in [0.717, 1.165) is 44.9 Å². The second kappa shape index (κ2) is 8.06. The van der Waals surface area contributed by atoms with E-state index in [1.807, 2.05) is 6.07 Å². The molecule has 0 saturated heterocycles. The van der Waals surface area contributed by atoms with Crippen molar-refractivity contribution < 1.29 is 18.7 Å². The van der Waals surface area contributed by atoms with Gasteiger partial charge in [-0.2, -0.15) is 0 Å². The molecule has 2 aromatic carbocycles. The molecule has 4 rings (SSSR count). The van der Waals surface area contributed by atoms with Gasteiger partial charge >= 0.3 is 5.97 Å². The Morgan fingerprint density at radius 2 is 1.79 bits per heavy atom. The Morgan fingerprint density at radius 1 is 1.04 bits per heavy atom. The van der Waals surface area contributed by atoms with Crippen LogP contribution in [0.2, 0.25) is 0 Å². The molecule has 0 spiro atoms. The first-order valence-corrected chi connectivity index (χ1v) is 9.92. The summed E-state index contributed by atoms with van der Waals surface area (Å²) < 4.78 is 26.0. The minimum Gasteiger partial charge on any atom is -0.471 e. The number of benzene rings is 2. The summed E-state index contributed by atoms with van der Waals surface area (Å²) in [6.45, 7) is 0. The first-order valence-electron chi connectivity index (χ1n) is 9.92. The smallest absolute Gasteiger partial charge is 0.343 e. The molecule has 2 aromatic rings. The summed E-state index contributed by atoms with van der Waals surface area (Å²) in [6.07, 6.45) is 7.00. The molecule has 0 radical (unpaired) electrons. The Bertz CT molecular complexity index is 900. The number of hydrogen-bond acceptors (Lipinski definition) is 3. The third-order valence-electron chi connectivity index (χ3n) is 5.17. The van der Waals surface area contributed by atoms with Crippen LogP contribution < -0.4 is 9.47 Å². The van der Waals surface area contributed by atoms with Gasteiger partial charge in [-0.05, 0) is 68.9 Å². The highest BCUT2D eigenvalue weighted by Crippen LogP contribution is 2.35. The predicted molar refractivity (Wildman–Crippen MR) is 105 cm³/mol. The normalized spacial score (nSPS) is 17.9. The van der Waals surface area contributed by atoms with Crippen molar-refractivity contribution in [2.45, 2.75) is 50.5 Å².